The van der Waals surface area contributed by atoms with E-state index >= 15 is 0 Å². The number of methoxy groups -OCH3 is 1. The smallest absolute Gasteiger partial charge is 0.337 e. The third-order valence-electron chi connectivity index (χ3n) is 3.18. The van der Waals surface area contributed by atoms with Crippen LogP contribution in [0.2, 0.25) is 0 Å². The van der Waals surface area contributed by atoms with Crippen molar-refractivity contribution in [2.24, 2.45) is 0 Å². The van der Waals surface area contributed by atoms with E-state index in [0.29, 0.717) is 23.5 Å². The molecule has 110 valence electrons. The number of hydrogen-bond acceptors (Lipinski definition) is 4. The second-order valence-electron chi connectivity index (χ2n) is 4.49. The fraction of sp³-hybridized carbons (Fsp3) is 0.188. The summed E-state index contributed by atoms with van der Waals surface area (Å²) in [6.07, 6.45) is 0. The maximum absolute atomic E-state index is 13.4. The molecule has 2 rings (SSSR count). The van der Waals surface area contributed by atoms with Crippen molar-refractivity contribution in [3.63, 3.8) is 0 Å². The molecule has 4 nitrogen and oxygen atoms in total. The molecule has 2 N–H and O–H groups in total. The summed E-state index contributed by atoms with van der Waals surface area (Å²) in [5.74, 6) is -0.752. The first kappa shape index (κ1) is 14.8. The quantitative estimate of drug-likeness (QED) is 0.692. The molecule has 0 atom stereocenters. The number of rotatable bonds is 4. The Kier molecular flexibility index (Phi) is 4.42. The molecule has 0 aliphatic carbocycles. The first-order valence-corrected chi connectivity index (χ1v) is 6.57. The van der Waals surface area contributed by atoms with Crippen LogP contribution in [0.25, 0.3) is 0 Å². The van der Waals surface area contributed by atoms with E-state index in [2.05, 4.69) is 4.74 Å². The van der Waals surface area contributed by atoms with Crippen molar-refractivity contribution in [2.45, 2.75) is 6.92 Å². The summed E-state index contributed by atoms with van der Waals surface area (Å²) in [4.78, 5) is 13.4. The third kappa shape index (κ3) is 3.13. The van der Waals surface area contributed by atoms with Gasteiger partial charge in [0.05, 0.1) is 24.0 Å². The number of nitrogens with zero attached hydrogens (tertiary/aromatic N) is 1. The Morgan fingerprint density at radius 1 is 1.29 bits per heavy atom. The van der Waals surface area contributed by atoms with E-state index in [-0.39, 0.29) is 5.82 Å². The lowest BCUT2D eigenvalue weighted by Crippen LogP contribution is -2.18. The zero-order valence-corrected chi connectivity index (χ0v) is 12.0. The lowest BCUT2D eigenvalue weighted by atomic mass is 10.1. The van der Waals surface area contributed by atoms with Gasteiger partial charge in [0, 0.05) is 12.2 Å². The van der Waals surface area contributed by atoms with Gasteiger partial charge in [-0.3, -0.25) is 0 Å². The fourth-order valence-corrected chi connectivity index (χ4v) is 2.18. The van der Waals surface area contributed by atoms with E-state index in [9.17, 15) is 9.18 Å². The fourth-order valence-electron chi connectivity index (χ4n) is 2.18. The molecule has 0 aliphatic rings. The molecule has 0 aromatic heterocycles. The average molecular weight is 288 g/mol. The van der Waals surface area contributed by atoms with Crippen molar-refractivity contribution in [3.05, 3.63) is 53.8 Å². The van der Waals surface area contributed by atoms with Crippen molar-refractivity contribution >= 4 is 23.0 Å². The zero-order valence-electron chi connectivity index (χ0n) is 12.0. The molecule has 0 spiro atoms. The molecule has 0 unspecified atom stereocenters. The molecule has 0 fully saturated rings. The predicted octanol–water partition coefficient (Wildman–Crippen LogP) is 3.35. The van der Waals surface area contributed by atoms with E-state index in [4.69, 9.17) is 5.73 Å². The number of carbonyl (C=O) groups excluding carboxylic acids is 1. The second kappa shape index (κ2) is 6.26. The molecular formula is C16H17FN2O2. The molecular weight excluding hydrogens is 271 g/mol. The summed E-state index contributed by atoms with van der Waals surface area (Å²) in [7, 11) is 1.32. The number of benzene rings is 2. The van der Waals surface area contributed by atoms with Crippen LogP contribution in [0.5, 0.6) is 0 Å². The molecule has 0 saturated heterocycles. The Morgan fingerprint density at radius 2 is 2.05 bits per heavy atom. The summed E-state index contributed by atoms with van der Waals surface area (Å²) in [5, 5.41) is 0. The molecule has 2 aromatic carbocycles. The van der Waals surface area contributed by atoms with Crippen LogP contribution in [0, 0.1) is 5.82 Å². The van der Waals surface area contributed by atoms with Gasteiger partial charge in [-0.05, 0) is 43.3 Å². The second-order valence-corrected chi connectivity index (χ2v) is 4.49. The normalized spacial score (nSPS) is 10.2. The van der Waals surface area contributed by atoms with Gasteiger partial charge in [-0.2, -0.15) is 0 Å². The minimum absolute atomic E-state index is 0.310. The van der Waals surface area contributed by atoms with Crippen LogP contribution < -0.4 is 10.6 Å². The van der Waals surface area contributed by atoms with Crippen LogP contribution in [0.3, 0.4) is 0 Å². The van der Waals surface area contributed by atoms with E-state index in [1.165, 1.54) is 19.2 Å². The van der Waals surface area contributed by atoms with Crippen LogP contribution in [0.4, 0.5) is 21.5 Å². The number of nitrogens with two attached hydrogens (primary N) is 1. The van der Waals surface area contributed by atoms with Crippen LogP contribution in [-0.2, 0) is 4.74 Å². The largest absolute Gasteiger partial charge is 0.465 e. The first-order valence-electron chi connectivity index (χ1n) is 6.57. The van der Waals surface area contributed by atoms with Gasteiger partial charge in [0.2, 0.25) is 0 Å². The highest BCUT2D eigenvalue weighted by molar-refractivity contribution is 5.92. The summed E-state index contributed by atoms with van der Waals surface area (Å²) in [5.41, 5.74) is 8.26. The number of halogens is 1. The summed E-state index contributed by atoms with van der Waals surface area (Å²) >= 11 is 0. The Bertz CT molecular complexity index is 658. The van der Waals surface area contributed by atoms with Crippen molar-refractivity contribution in [3.8, 4) is 0 Å². The monoisotopic (exact) mass is 288 g/mol. The molecule has 21 heavy (non-hydrogen) atoms. The van der Waals surface area contributed by atoms with Crippen molar-refractivity contribution in [1.82, 2.24) is 0 Å². The Balaban J connectivity index is 2.41. The maximum atomic E-state index is 13.4. The van der Waals surface area contributed by atoms with Gasteiger partial charge in [-0.1, -0.05) is 6.07 Å². The molecule has 0 saturated carbocycles. The first-order chi connectivity index (χ1) is 10.1. The van der Waals surface area contributed by atoms with Gasteiger partial charge >= 0.3 is 5.97 Å². The van der Waals surface area contributed by atoms with Gasteiger partial charge in [-0.25, -0.2) is 9.18 Å². The number of esters is 1. The SMILES string of the molecule is CCN(c1cccc(F)c1)c1ccc(C(=O)OC)cc1N. The highest BCUT2D eigenvalue weighted by Gasteiger charge is 2.14. The molecule has 0 aliphatic heterocycles. The molecule has 0 amide bonds. The van der Waals surface area contributed by atoms with Gasteiger partial charge in [0.25, 0.3) is 0 Å². The number of anilines is 3. The standard InChI is InChI=1S/C16H17FN2O2/c1-3-19(13-6-4-5-12(17)10-13)15-8-7-11(9-14(15)18)16(20)21-2/h4-10H,3,18H2,1-2H3. The Morgan fingerprint density at radius 3 is 2.62 bits per heavy atom. The predicted molar refractivity (Wildman–Crippen MR) is 81.3 cm³/mol. The van der Waals surface area contributed by atoms with Gasteiger partial charge in [0.15, 0.2) is 0 Å². The summed E-state index contributed by atoms with van der Waals surface area (Å²) in [6, 6.07) is 11.2. The van der Waals surface area contributed by atoms with E-state index in [1.807, 2.05) is 11.8 Å². The lowest BCUT2D eigenvalue weighted by molar-refractivity contribution is 0.0601. The number of carbonyl (C=O) groups is 1. The van der Waals surface area contributed by atoms with Crippen LogP contribution >= 0.6 is 0 Å². The Hall–Kier alpha value is -2.56. The van der Waals surface area contributed by atoms with Gasteiger partial charge < -0.3 is 15.4 Å². The minimum Gasteiger partial charge on any atom is -0.465 e. The summed E-state index contributed by atoms with van der Waals surface area (Å²) in [6.45, 7) is 2.56. The molecule has 0 bridgehead atoms. The van der Waals surface area contributed by atoms with Crippen LogP contribution in [0.1, 0.15) is 17.3 Å². The van der Waals surface area contributed by atoms with Crippen LogP contribution in [0.15, 0.2) is 42.5 Å². The van der Waals surface area contributed by atoms with Gasteiger partial charge in [-0.15, -0.1) is 0 Å². The van der Waals surface area contributed by atoms with Crippen molar-refractivity contribution in [1.29, 1.82) is 0 Å². The van der Waals surface area contributed by atoms with E-state index in [1.54, 1.807) is 30.3 Å². The van der Waals surface area contributed by atoms with Crippen molar-refractivity contribution < 1.29 is 13.9 Å². The van der Waals surface area contributed by atoms with Gasteiger partial charge in [0.1, 0.15) is 5.82 Å². The van der Waals surface area contributed by atoms with Crippen LogP contribution in [-0.4, -0.2) is 19.6 Å². The molecule has 0 radical (unpaired) electrons. The zero-order chi connectivity index (χ0) is 15.4. The van der Waals surface area contributed by atoms with E-state index < -0.39 is 5.97 Å². The molecule has 5 heteroatoms. The Labute approximate surface area is 122 Å². The summed E-state index contributed by atoms with van der Waals surface area (Å²) < 4.78 is 18.0. The lowest BCUT2D eigenvalue weighted by Gasteiger charge is -2.25. The molecule has 0 heterocycles. The topological polar surface area (TPSA) is 55.6 Å². The highest BCUT2D eigenvalue weighted by Crippen LogP contribution is 2.31. The van der Waals surface area contributed by atoms with E-state index in [0.717, 1.165) is 5.69 Å². The highest BCUT2D eigenvalue weighted by atomic mass is 19.1. The minimum atomic E-state index is -0.443. The number of hydrogen-bond donors (Lipinski definition) is 1. The third-order valence-corrected chi connectivity index (χ3v) is 3.18. The number of nitrogen functional groups attached to an aromatic ring is 1. The van der Waals surface area contributed by atoms with Crippen molar-refractivity contribution in [2.75, 3.05) is 24.3 Å². The molecule has 2 aromatic rings. The average Bonchev–Trinajstić information content (AvgIpc) is 2.49. The maximum Gasteiger partial charge on any atom is 0.337 e. The number of ether oxygens (including phenoxy) is 1.